The van der Waals surface area contributed by atoms with Gasteiger partial charge in [0.1, 0.15) is 17.3 Å². The molecule has 5 nitrogen and oxygen atoms in total. The Bertz CT molecular complexity index is 2260. The summed E-state index contributed by atoms with van der Waals surface area (Å²) in [5.41, 5.74) is 11.0. The highest BCUT2D eigenvalue weighted by Crippen LogP contribution is 2.45. The van der Waals surface area contributed by atoms with Crippen LogP contribution in [0.2, 0.25) is 0 Å². The van der Waals surface area contributed by atoms with Gasteiger partial charge in [-0.15, -0.1) is 0 Å². The number of benzene rings is 3. The largest absolute Gasteiger partial charge is 0.457 e. The van der Waals surface area contributed by atoms with Crippen LogP contribution in [0.1, 0.15) is 115 Å². The highest BCUT2D eigenvalue weighted by atomic mass is 16.5. The van der Waals surface area contributed by atoms with Gasteiger partial charge in [-0.1, -0.05) is 91.7 Å². The van der Waals surface area contributed by atoms with Gasteiger partial charge >= 0.3 is 0 Å². The summed E-state index contributed by atoms with van der Waals surface area (Å²) in [5.74, 6) is 4.39. The van der Waals surface area contributed by atoms with Crippen molar-refractivity contribution in [3.05, 3.63) is 119 Å². The fourth-order valence-corrected chi connectivity index (χ4v) is 8.62. The molecule has 3 aromatic carbocycles. The summed E-state index contributed by atoms with van der Waals surface area (Å²) in [4.78, 5) is 4.85. The molecular formula is C46H54N4O. The van der Waals surface area contributed by atoms with Gasteiger partial charge in [0.2, 0.25) is 0 Å². The fraction of sp³-hybridized carbons (Fsp3) is 0.391. The van der Waals surface area contributed by atoms with Crippen molar-refractivity contribution in [3.8, 4) is 23.0 Å². The Balaban J connectivity index is 1.36. The van der Waals surface area contributed by atoms with E-state index in [1.165, 1.54) is 45.2 Å². The maximum absolute atomic E-state index is 6.85. The zero-order chi connectivity index (χ0) is 36.2. The quantitative estimate of drug-likeness (QED) is 0.151. The first-order valence-electron chi connectivity index (χ1n) is 18.9. The standard InChI is InChI=1S/C46H54N4O/c1-11-14-33-19-20-47-42(23-33)49-40-16-13-12-15-38(40)39-18-17-36(27-41(39)49)51-37-25-34(46(8,9)10)24-35(26-37)50-45(28(2)3)44(32(7)48-50)43-30(5)21-29(4)22-31(43)6/h12-13,15-21,23-29,31,43H,11,14,22H2,1-10H3/t29-,31-,43?/m0/s1. The number of aryl methyl sites for hydroxylation is 2. The molecule has 51 heavy (non-hydrogen) atoms. The zero-order valence-electron chi connectivity index (χ0n) is 32.2. The van der Waals surface area contributed by atoms with Crippen LogP contribution >= 0.6 is 0 Å². The van der Waals surface area contributed by atoms with Crippen molar-refractivity contribution in [2.75, 3.05) is 0 Å². The highest BCUT2D eigenvalue weighted by Gasteiger charge is 2.33. The predicted molar refractivity (Wildman–Crippen MR) is 213 cm³/mol. The van der Waals surface area contributed by atoms with E-state index in [0.29, 0.717) is 23.7 Å². The van der Waals surface area contributed by atoms with Crippen LogP contribution in [-0.4, -0.2) is 19.3 Å². The monoisotopic (exact) mass is 678 g/mol. The number of allylic oxidation sites excluding steroid dienone is 2. The average Bonchev–Trinajstić information content (AvgIpc) is 3.58. The molecule has 0 bridgehead atoms. The molecular weight excluding hydrogens is 625 g/mol. The number of hydrogen-bond acceptors (Lipinski definition) is 3. The molecule has 3 atom stereocenters. The number of nitrogens with zero attached hydrogens (tertiary/aromatic N) is 4. The Kier molecular flexibility index (Phi) is 9.20. The van der Waals surface area contributed by atoms with Gasteiger partial charge in [0.25, 0.3) is 0 Å². The maximum Gasteiger partial charge on any atom is 0.137 e. The molecule has 0 amide bonds. The van der Waals surface area contributed by atoms with Gasteiger partial charge in [-0.3, -0.25) is 4.57 Å². The lowest BCUT2D eigenvalue weighted by Crippen LogP contribution is -2.21. The molecule has 1 aliphatic rings. The molecule has 5 heteroatoms. The second-order valence-electron chi connectivity index (χ2n) is 16.4. The van der Waals surface area contributed by atoms with Gasteiger partial charge in [-0.05, 0) is 103 Å². The van der Waals surface area contributed by atoms with Gasteiger partial charge in [0.05, 0.1) is 28.1 Å². The van der Waals surface area contributed by atoms with Crippen molar-refractivity contribution < 1.29 is 4.74 Å². The van der Waals surface area contributed by atoms with Crippen LogP contribution in [0.25, 0.3) is 33.3 Å². The molecule has 0 saturated heterocycles. The van der Waals surface area contributed by atoms with E-state index in [9.17, 15) is 0 Å². The first-order chi connectivity index (χ1) is 24.3. The number of rotatable bonds is 8. The van der Waals surface area contributed by atoms with E-state index in [4.69, 9.17) is 14.8 Å². The van der Waals surface area contributed by atoms with Crippen molar-refractivity contribution in [2.45, 2.75) is 106 Å². The van der Waals surface area contributed by atoms with Crippen LogP contribution in [0.4, 0.5) is 0 Å². The molecule has 3 heterocycles. The van der Waals surface area contributed by atoms with Crippen LogP contribution in [0.3, 0.4) is 0 Å². The number of pyridine rings is 1. The number of hydrogen-bond donors (Lipinski definition) is 0. The van der Waals surface area contributed by atoms with E-state index < -0.39 is 0 Å². The lowest BCUT2D eigenvalue weighted by molar-refractivity contribution is 0.389. The average molecular weight is 679 g/mol. The summed E-state index contributed by atoms with van der Waals surface area (Å²) in [6.45, 7) is 22.9. The van der Waals surface area contributed by atoms with E-state index >= 15 is 0 Å². The number of aromatic nitrogens is 4. The minimum atomic E-state index is -0.0873. The third kappa shape index (κ3) is 6.52. The Labute approximate surface area is 304 Å². The van der Waals surface area contributed by atoms with Crippen LogP contribution in [0.15, 0.2) is 90.6 Å². The molecule has 264 valence electrons. The molecule has 1 unspecified atom stereocenters. The Hall–Kier alpha value is -4.64. The third-order valence-electron chi connectivity index (χ3n) is 10.8. The van der Waals surface area contributed by atoms with E-state index in [1.807, 2.05) is 6.20 Å². The van der Waals surface area contributed by atoms with Crippen molar-refractivity contribution in [1.82, 2.24) is 19.3 Å². The Morgan fingerprint density at radius 1 is 0.882 bits per heavy atom. The van der Waals surface area contributed by atoms with Crippen molar-refractivity contribution in [1.29, 1.82) is 0 Å². The molecule has 0 spiro atoms. The molecule has 0 N–H and O–H groups in total. The topological polar surface area (TPSA) is 44.9 Å². The van der Waals surface area contributed by atoms with Gasteiger partial charge < -0.3 is 4.74 Å². The second-order valence-corrected chi connectivity index (χ2v) is 16.4. The SMILES string of the molecule is CCCc1ccnc(-n2c3ccccc3c3ccc(Oc4cc(-n5nc(C)c(C6C(C)=C[C@H](C)C[C@@H]6C)c5C(C)C)cc(C(C)(C)C)c4)cc32)c1. The molecule has 0 radical (unpaired) electrons. The number of ether oxygens (including phenoxy) is 1. The fourth-order valence-electron chi connectivity index (χ4n) is 8.62. The normalized spacial score (nSPS) is 18.2. The van der Waals surface area contributed by atoms with Gasteiger partial charge in [0, 0.05) is 40.6 Å². The van der Waals surface area contributed by atoms with Gasteiger partial charge in [-0.2, -0.15) is 5.10 Å². The summed E-state index contributed by atoms with van der Waals surface area (Å²) in [7, 11) is 0. The molecule has 6 aromatic rings. The smallest absolute Gasteiger partial charge is 0.137 e. The first kappa shape index (κ1) is 34.8. The van der Waals surface area contributed by atoms with Crippen molar-refractivity contribution in [3.63, 3.8) is 0 Å². The molecule has 7 rings (SSSR count). The summed E-state index contributed by atoms with van der Waals surface area (Å²) in [6, 6.07) is 26.1. The molecule has 0 fully saturated rings. The lowest BCUT2D eigenvalue weighted by atomic mass is 9.71. The molecule has 3 aromatic heterocycles. The summed E-state index contributed by atoms with van der Waals surface area (Å²) < 4.78 is 11.3. The van der Waals surface area contributed by atoms with Crippen LogP contribution in [-0.2, 0) is 11.8 Å². The summed E-state index contributed by atoms with van der Waals surface area (Å²) >= 11 is 0. The second kappa shape index (κ2) is 13.5. The van der Waals surface area contributed by atoms with E-state index in [0.717, 1.165) is 52.6 Å². The van der Waals surface area contributed by atoms with E-state index in [2.05, 4.69) is 157 Å². The lowest BCUT2D eigenvalue weighted by Gasteiger charge is -2.33. The minimum absolute atomic E-state index is 0.0873. The molecule has 0 aliphatic heterocycles. The first-order valence-corrected chi connectivity index (χ1v) is 18.9. The van der Waals surface area contributed by atoms with E-state index in [1.54, 1.807) is 0 Å². The maximum atomic E-state index is 6.85. The number of fused-ring (bicyclic) bond motifs is 3. The minimum Gasteiger partial charge on any atom is -0.457 e. The Morgan fingerprint density at radius 3 is 2.37 bits per heavy atom. The third-order valence-corrected chi connectivity index (χ3v) is 10.8. The zero-order valence-corrected chi connectivity index (χ0v) is 32.2. The summed E-state index contributed by atoms with van der Waals surface area (Å²) in [6.07, 6.45) is 7.73. The van der Waals surface area contributed by atoms with Crippen molar-refractivity contribution in [2.24, 2.45) is 11.8 Å². The predicted octanol–water partition coefficient (Wildman–Crippen LogP) is 12.5. The molecule has 0 saturated carbocycles. The summed E-state index contributed by atoms with van der Waals surface area (Å²) in [5, 5.41) is 7.68. The van der Waals surface area contributed by atoms with Crippen LogP contribution < -0.4 is 4.74 Å². The van der Waals surface area contributed by atoms with Crippen molar-refractivity contribution >= 4 is 21.8 Å². The highest BCUT2D eigenvalue weighted by molar-refractivity contribution is 6.09. The van der Waals surface area contributed by atoms with E-state index in [-0.39, 0.29) is 5.41 Å². The van der Waals surface area contributed by atoms with Crippen LogP contribution in [0.5, 0.6) is 11.5 Å². The van der Waals surface area contributed by atoms with Gasteiger partial charge in [0.15, 0.2) is 0 Å². The van der Waals surface area contributed by atoms with Crippen LogP contribution in [0, 0.1) is 18.8 Å². The number of para-hydroxylation sites is 1. The van der Waals surface area contributed by atoms with Gasteiger partial charge in [-0.25, -0.2) is 9.67 Å². The molecule has 1 aliphatic carbocycles. The Morgan fingerprint density at radius 2 is 1.65 bits per heavy atom.